The smallest absolute Gasteiger partial charge is 0.410 e. The number of allylic oxidation sites excluding steroid dienone is 1. The second kappa shape index (κ2) is 12.6. The lowest BCUT2D eigenvalue weighted by atomic mass is 10.1. The molecule has 3 aromatic heterocycles. The fourth-order valence-electron chi connectivity index (χ4n) is 4.78. The molecule has 0 saturated carbocycles. The summed E-state index contributed by atoms with van der Waals surface area (Å²) in [4.78, 5) is 41.3. The van der Waals surface area contributed by atoms with Crippen molar-refractivity contribution < 1.29 is 19.0 Å². The van der Waals surface area contributed by atoms with Gasteiger partial charge in [0, 0.05) is 43.9 Å². The minimum Gasteiger partial charge on any atom is -0.494 e. The van der Waals surface area contributed by atoms with Crippen molar-refractivity contribution in [3.05, 3.63) is 71.7 Å². The molecule has 43 heavy (non-hydrogen) atoms. The molecular formula is C31H37N7O5. The first-order chi connectivity index (χ1) is 20.6. The van der Waals surface area contributed by atoms with Crippen molar-refractivity contribution in [2.45, 2.75) is 58.8 Å². The Balaban J connectivity index is 1.38. The molecule has 0 bridgehead atoms. The lowest BCUT2D eigenvalue weighted by Crippen LogP contribution is -2.44. The van der Waals surface area contributed by atoms with E-state index in [4.69, 9.17) is 19.2 Å². The van der Waals surface area contributed by atoms with Gasteiger partial charge in [0.15, 0.2) is 11.5 Å². The molecule has 4 aromatic rings. The molecule has 0 atom stereocenters. The fraction of sp³-hybridized carbons (Fsp3) is 0.387. The van der Waals surface area contributed by atoms with E-state index in [0.717, 1.165) is 11.4 Å². The Labute approximate surface area is 249 Å². The van der Waals surface area contributed by atoms with E-state index in [9.17, 15) is 9.59 Å². The fourth-order valence-corrected chi connectivity index (χ4v) is 4.78. The number of carbonyl (C=O) groups excluding carboxylic acids is 1. The number of amides is 1. The van der Waals surface area contributed by atoms with Gasteiger partial charge in [0.2, 0.25) is 11.8 Å². The molecule has 0 unspecified atom stereocenters. The molecule has 1 fully saturated rings. The number of aromatic nitrogens is 5. The number of carbonyl (C=O) groups is 1. The summed E-state index contributed by atoms with van der Waals surface area (Å²) in [5.74, 6) is 1.96. The number of nitrogens with one attached hydrogen (secondary N) is 1. The highest BCUT2D eigenvalue weighted by molar-refractivity contribution is 5.77. The third-order valence-corrected chi connectivity index (χ3v) is 6.71. The highest BCUT2D eigenvalue weighted by Gasteiger charge is 2.28. The van der Waals surface area contributed by atoms with E-state index in [1.165, 1.54) is 10.9 Å². The maximum atomic E-state index is 13.3. The van der Waals surface area contributed by atoms with Gasteiger partial charge in [0.25, 0.3) is 5.56 Å². The van der Waals surface area contributed by atoms with Crippen LogP contribution in [-0.4, -0.2) is 66.7 Å². The van der Waals surface area contributed by atoms with Crippen molar-refractivity contribution in [1.82, 2.24) is 29.2 Å². The first-order valence-electron chi connectivity index (χ1n) is 14.4. The van der Waals surface area contributed by atoms with Crippen molar-refractivity contribution in [1.29, 1.82) is 0 Å². The van der Waals surface area contributed by atoms with Crippen LogP contribution in [0.4, 0.5) is 16.4 Å². The van der Waals surface area contributed by atoms with E-state index < -0.39 is 5.60 Å². The molecule has 1 N–H and O–H groups in total. The van der Waals surface area contributed by atoms with Crippen LogP contribution in [-0.2, 0) is 11.3 Å². The molecule has 1 amide bonds. The second-order valence-corrected chi connectivity index (χ2v) is 11.1. The van der Waals surface area contributed by atoms with E-state index in [2.05, 4.69) is 21.9 Å². The molecule has 5 rings (SSSR count). The van der Waals surface area contributed by atoms with Crippen molar-refractivity contribution in [3.63, 3.8) is 0 Å². The van der Waals surface area contributed by atoms with Crippen molar-refractivity contribution in [2.75, 3.05) is 25.0 Å². The lowest BCUT2D eigenvalue weighted by molar-refractivity contribution is 0.0123. The third kappa shape index (κ3) is 6.96. The summed E-state index contributed by atoms with van der Waals surface area (Å²) in [6.07, 6.45) is 4.01. The topological polar surface area (TPSA) is 126 Å². The Kier molecular flexibility index (Phi) is 8.65. The molecule has 4 heterocycles. The number of fused-ring (bicyclic) bond motifs is 1. The van der Waals surface area contributed by atoms with Gasteiger partial charge in [-0.05, 0) is 58.0 Å². The summed E-state index contributed by atoms with van der Waals surface area (Å²) in [5.41, 5.74) is 0.366. The Bertz CT molecular complexity index is 1650. The van der Waals surface area contributed by atoms with Gasteiger partial charge < -0.3 is 24.4 Å². The monoisotopic (exact) mass is 587 g/mol. The zero-order valence-corrected chi connectivity index (χ0v) is 24.9. The largest absolute Gasteiger partial charge is 0.494 e. The summed E-state index contributed by atoms with van der Waals surface area (Å²) < 4.78 is 20.4. The van der Waals surface area contributed by atoms with Crippen LogP contribution < -0.4 is 20.3 Å². The van der Waals surface area contributed by atoms with Gasteiger partial charge in [-0.1, -0.05) is 12.1 Å². The van der Waals surface area contributed by atoms with E-state index >= 15 is 0 Å². The molecule has 1 aliphatic heterocycles. The van der Waals surface area contributed by atoms with Crippen molar-refractivity contribution in [3.8, 4) is 17.4 Å². The molecule has 0 radical (unpaired) electrons. The maximum absolute atomic E-state index is 13.3. The zero-order valence-electron chi connectivity index (χ0n) is 24.9. The number of nitrogens with zero attached hydrogens (tertiary/aromatic N) is 6. The molecular weight excluding hydrogens is 550 g/mol. The summed E-state index contributed by atoms with van der Waals surface area (Å²) >= 11 is 0. The molecule has 1 aromatic carbocycles. The predicted octanol–water partition coefficient (Wildman–Crippen LogP) is 5.08. The Morgan fingerprint density at radius 2 is 1.86 bits per heavy atom. The number of rotatable bonds is 9. The molecule has 1 aliphatic rings. The minimum absolute atomic E-state index is 0.120. The first kappa shape index (κ1) is 29.6. The van der Waals surface area contributed by atoms with Crippen LogP contribution in [0.25, 0.3) is 16.9 Å². The quantitative estimate of drug-likeness (QED) is 0.267. The van der Waals surface area contributed by atoms with Crippen LogP contribution in [0.15, 0.2) is 66.1 Å². The standard InChI is InChI=1S/C31H37N7O5/c1-6-17-37-28(39)24-20-32-29(33-21-11-13-22(14-12-21)41-7-2)35-27(24)38(37)25-9-8-10-26(34-25)42-23-15-18-36(19-16-23)30(40)43-31(3,4)5/h6,8-14,20,23H,1,7,15-19H2,2-5H3,(H,32,33,35). The van der Waals surface area contributed by atoms with Crippen molar-refractivity contribution in [2.24, 2.45) is 0 Å². The van der Waals surface area contributed by atoms with Crippen LogP contribution in [0.1, 0.15) is 40.5 Å². The Hall–Kier alpha value is -4.87. The van der Waals surface area contributed by atoms with Gasteiger partial charge in [0.05, 0.1) is 13.2 Å². The number of anilines is 2. The van der Waals surface area contributed by atoms with Crippen LogP contribution in [0.2, 0.25) is 0 Å². The molecule has 226 valence electrons. The molecule has 12 nitrogen and oxygen atoms in total. The van der Waals surface area contributed by atoms with Gasteiger partial charge in [-0.25, -0.2) is 19.1 Å². The number of benzene rings is 1. The molecule has 0 spiro atoms. The van der Waals surface area contributed by atoms with Gasteiger partial charge >= 0.3 is 6.09 Å². The number of hydrogen-bond acceptors (Lipinski definition) is 9. The summed E-state index contributed by atoms with van der Waals surface area (Å²) in [5, 5.41) is 3.54. The maximum Gasteiger partial charge on any atom is 0.410 e. The number of pyridine rings is 1. The van der Waals surface area contributed by atoms with Gasteiger partial charge in [-0.15, -0.1) is 6.58 Å². The van der Waals surface area contributed by atoms with E-state index in [0.29, 0.717) is 61.2 Å². The van der Waals surface area contributed by atoms with Crippen molar-refractivity contribution >= 4 is 28.8 Å². The van der Waals surface area contributed by atoms with Crippen LogP contribution in [0.5, 0.6) is 11.6 Å². The van der Waals surface area contributed by atoms with E-state index in [1.54, 1.807) is 27.8 Å². The van der Waals surface area contributed by atoms with Crippen LogP contribution >= 0.6 is 0 Å². The van der Waals surface area contributed by atoms with Gasteiger partial charge in [0.1, 0.15) is 22.8 Å². The number of hydrogen-bond donors (Lipinski definition) is 1. The highest BCUT2D eigenvalue weighted by atomic mass is 16.6. The van der Waals surface area contributed by atoms with Crippen LogP contribution in [0.3, 0.4) is 0 Å². The predicted molar refractivity (Wildman–Crippen MR) is 163 cm³/mol. The van der Waals surface area contributed by atoms with Crippen LogP contribution in [0, 0.1) is 0 Å². The summed E-state index contributed by atoms with van der Waals surface area (Å²) in [6.45, 7) is 13.2. The molecule has 0 aliphatic carbocycles. The average Bonchev–Trinajstić information content (AvgIpc) is 3.24. The zero-order chi connectivity index (χ0) is 30.6. The minimum atomic E-state index is -0.541. The van der Waals surface area contributed by atoms with Gasteiger partial charge in [-0.3, -0.25) is 4.79 Å². The molecule has 1 saturated heterocycles. The summed E-state index contributed by atoms with van der Waals surface area (Å²) in [7, 11) is 0. The molecule has 12 heteroatoms. The van der Waals surface area contributed by atoms with E-state index in [1.807, 2.05) is 58.0 Å². The normalized spacial score (nSPS) is 14.0. The number of likely N-dealkylation sites (tertiary alicyclic amines) is 1. The lowest BCUT2D eigenvalue weighted by Gasteiger charge is -2.33. The van der Waals surface area contributed by atoms with Gasteiger partial charge in [-0.2, -0.15) is 9.97 Å². The summed E-state index contributed by atoms with van der Waals surface area (Å²) in [6, 6.07) is 12.8. The van der Waals surface area contributed by atoms with E-state index in [-0.39, 0.29) is 24.3 Å². The highest BCUT2D eigenvalue weighted by Crippen LogP contribution is 2.23. The average molecular weight is 588 g/mol. The number of ether oxygens (including phenoxy) is 3. The Morgan fingerprint density at radius 3 is 2.53 bits per heavy atom. The first-order valence-corrected chi connectivity index (χ1v) is 14.4. The third-order valence-electron chi connectivity index (χ3n) is 6.71. The SMILES string of the molecule is C=CCn1c(=O)c2cnc(Nc3ccc(OCC)cc3)nc2n1-c1cccc(OC2CCN(C(=O)OC(C)(C)C)CC2)n1. The second-order valence-electron chi connectivity index (χ2n) is 11.1. The Morgan fingerprint density at radius 1 is 1.12 bits per heavy atom. The number of piperidine rings is 1.